The van der Waals surface area contributed by atoms with E-state index < -0.39 is 17.2 Å². The summed E-state index contributed by atoms with van der Waals surface area (Å²) >= 11 is 0. The van der Waals surface area contributed by atoms with Crippen LogP contribution in [0.15, 0.2) is 82.4 Å². The highest BCUT2D eigenvalue weighted by Crippen LogP contribution is 2.29. The van der Waals surface area contributed by atoms with Crippen molar-refractivity contribution in [3.63, 3.8) is 0 Å². The molecule has 0 aliphatic heterocycles. The van der Waals surface area contributed by atoms with Crippen LogP contribution in [0, 0.1) is 0 Å². The lowest BCUT2D eigenvalue weighted by molar-refractivity contribution is -0.116. The van der Waals surface area contributed by atoms with Gasteiger partial charge in [0, 0.05) is 18.1 Å². The minimum absolute atomic E-state index is 0.0827. The van der Waals surface area contributed by atoms with Crippen LogP contribution in [-0.2, 0) is 24.9 Å². The fourth-order valence-electron chi connectivity index (χ4n) is 4.58. The molecule has 5 rings (SSSR count). The first-order valence-electron chi connectivity index (χ1n) is 11.7. The van der Waals surface area contributed by atoms with Gasteiger partial charge < -0.3 is 19.4 Å². The smallest absolute Gasteiger partial charge is 0.332 e. The van der Waals surface area contributed by atoms with Gasteiger partial charge >= 0.3 is 5.69 Å². The Labute approximate surface area is 212 Å². The second kappa shape index (κ2) is 9.69. The van der Waals surface area contributed by atoms with Crippen LogP contribution in [-0.4, -0.2) is 33.8 Å². The van der Waals surface area contributed by atoms with Crippen LogP contribution in [0.4, 0.5) is 5.69 Å². The molecule has 5 aromatic rings. The molecule has 0 atom stereocenters. The molecule has 0 fully saturated rings. The number of carbonyl (C=O) groups excluding carboxylic acids is 1. The van der Waals surface area contributed by atoms with Crippen molar-refractivity contribution in [2.75, 3.05) is 19.5 Å². The normalized spacial score (nSPS) is 11.1. The van der Waals surface area contributed by atoms with Crippen LogP contribution in [0.5, 0.6) is 11.5 Å². The fourth-order valence-corrected chi connectivity index (χ4v) is 4.58. The molecule has 0 spiro atoms. The number of methoxy groups -OCH3 is 2. The van der Waals surface area contributed by atoms with Crippen molar-refractivity contribution in [2.24, 2.45) is 7.05 Å². The Morgan fingerprint density at radius 3 is 2.19 bits per heavy atom. The number of anilines is 1. The Morgan fingerprint density at radius 2 is 1.51 bits per heavy atom. The van der Waals surface area contributed by atoms with Gasteiger partial charge in [-0.1, -0.05) is 30.3 Å². The van der Waals surface area contributed by atoms with Crippen LogP contribution < -0.4 is 26.0 Å². The van der Waals surface area contributed by atoms with Gasteiger partial charge in [-0.15, -0.1) is 0 Å². The molecule has 0 unspecified atom stereocenters. The number of aryl methyl sites for hydroxylation is 1. The zero-order chi connectivity index (χ0) is 26.1. The Bertz CT molecular complexity index is 1730. The second-order valence-corrected chi connectivity index (χ2v) is 8.66. The van der Waals surface area contributed by atoms with Gasteiger partial charge in [-0.25, -0.2) is 4.79 Å². The molecule has 0 bridgehead atoms. The van der Waals surface area contributed by atoms with Gasteiger partial charge in [-0.3, -0.25) is 18.7 Å². The van der Waals surface area contributed by atoms with E-state index in [4.69, 9.17) is 9.47 Å². The Hall–Kier alpha value is -4.79. The number of carbonyl (C=O) groups is 1. The van der Waals surface area contributed by atoms with Crippen molar-refractivity contribution in [3.8, 4) is 11.5 Å². The van der Waals surface area contributed by atoms with Gasteiger partial charge in [0.25, 0.3) is 5.56 Å². The average molecular weight is 499 g/mol. The number of rotatable bonds is 7. The van der Waals surface area contributed by atoms with Gasteiger partial charge in [0.1, 0.15) is 23.6 Å². The highest BCUT2D eigenvalue weighted by atomic mass is 16.5. The standard InChI is InChI=1S/C28H26N4O5/c1-30-23-14-13-21(37-3)15-22(23)25-26(30)27(34)32(16-18-7-5-4-6-8-18)28(35)31(25)17-24(33)29-19-9-11-20(36-2)12-10-19/h4-15H,16-17H2,1-3H3,(H,29,33). The Kier molecular flexibility index (Phi) is 6.27. The maximum atomic E-state index is 13.8. The number of nitrogens with one attached hydrogen (secondary N) is 1. The second-order valence-electron chi connectivity index (χ2n) is 8.66. The van der Waals surface area contributed by atoms with Crippen molar-refractivity contribution < 1.29 is 14.3 Å². The zero-order valence-electron chi connectivity index (χ0n) is 20.7. The predicted molar refractivity (Wildman–Crippen MR) is 143 cm³/mol. The van der Waals surface area contributed by atoms with Crippen molar-refractivity contribution >= 4 is 33.5 Å². The molecule has 0 aliphatic carbocycles. The molecule has 3 aromatic carbocycles. The highest BCUT2D eigenvalue weighted by molar-refractivity contribution is 6.06. The number of fused-ring (bicyclic) bond motifs is 3. The van der Waals surface area contributed by atoms with Crippen LogP contribution >= 0.6 is 0 Å². The minimum Gasteiger partial charge on any atom is -0.497 e. The SMILES string of the molecule is COc1ccc(NC(=O)Cn2c(=O)n(Cc3ccccc3)c(=O)c3c2c2cc(OC)ccc2n3C)cc1. The Balaban J connectivity index is 1.69. The molecule has 0 radical (unpaired) electrons. The lowest BCUT2D eigenvalue weighted by Gasteiger charge is -2.14. The van der Waals surface area contributed by atoms with Crippen molar-refractivity contribution in [1.82, 2.24) is 13.7 Å². The topological polar surface area (TPSA) is 96.5 Å². The third kappa shape index (κ3) is 4.35. The van der Waals surface area contributed by atoms with E-state index in [1.807, 2.05) is 36.4 Å². The molecule has 1 N–H and O–H groups in total. The number of amides is 1. The van der Waals surface area contributed by atoms with E-state index in [0.29, 0.717) is 33.6 Å². The van der Waals surface area contributed by atoms with E-state index in [-0.39, 0.29) is 13.1 Å². The first-order valence-corrected chi connectivity index (χ1v) is 11.7. The van der Waals surface area contributed by atoms with E-state index in [2.05, 4.69) is 5.32 Å². The predicted octanol–water partition coefficient (Wildman–Crippen LogP) is 3.36. The fraction of sp³-hybridized carbons (Fsp3) is 0.179. The molecular weight excluding hydrogens is 472 g/mol. The molecule has 0 aliphatic rings. The first-order chi connectivity index (χ1) is 17.9. The summed E-state index contributed by atoms with van der Waals surface area (Å²) in [4.78, 5) is 40.6. The minimum atomic E-state index is -0.568. The highest BCUT2D eigenvalue weighted by Gasteiger charge is 2.22. The molecule has 9 nitrogen and oxygen atoms in total. The summed E-state index contributed by atoms with van der Waals surface area (Å²) in [5.74, 6) is 0.835. The number of nitrogens with zero attached hydrogens (tertiary/aromatic N) is 3. The van der Waals surface area contributed by atoms with Gasteiger partial charge in [-0.2, -0.15) is 0 Å². The van der Waals surface area contributed by atoms with Crippen LogP contribution in [0.2, 0.25) is 0 Å². The number of hydrogen-bond donors (Lipinski definition) is 1. The molecule has 0 saturated carbocycles. The van der Waals surface area contributed by atoms with Crippen molar-refractivity contribution in [3.05, 3.63) is 99.2 Å². The largest absolute Gasteiger partial charge is 0.497 e. The van der Waals surface area contributed by atoms with Crippen LogP contribution in [0.3, 0.4) is 0 Å². The molecule has 37 heavy (non-hydrogen) atoms. The zero-order valence-corrected chi connectivity index (χ0v) is 20.7. The molecule has 2 aromatic heterocycles. The average Bonchev–Trinajstić information content (AvgIpc) is 3.21. The summed E-state index contributed by atoms with van der Waals surface area (Å²) < 4.78 is 14.9. The first kappa shape index (κ1) is 23.9. The summed E-state index contributed by atoms with van der Waals surface area (Å²) in [6.07, 6.45) is 0. The summed E-state index contributed by atoms with van der Waals surface area (Å²) in [7, 11) is 4.89. The third-order valence-electron chi connectivity index (χ3n) is 6.42. The van der Waals surface area contributed by atoms with Crippen molar-refractivity contribution in [2.45, 2.75) is 13.1 Å². The number of ether oxygens (including phenoxy) is 2. The van der Waals surface area contributed by atoms with E-state index in [1.165, 1.54) is 9.13 Å². The van der Waals surface area contributed by atoms with Gasteiger partial charge in [0.2, 0.25) is 5.91 Å². The monoisotopic (exact) mass is 498 g/mol. The molecule has 2 heterocycles. The molecular formula is C28H26N4O5. The quantitative estimate of drug-likeness (QED) is 0.371. The maximum absolute atomic E-state index is 13.8. The van der Waals surface area contributed by atoms with Crippen LogP contribution in [0.25, 0.3) is 21.9 Å². The van der Waals surface area contributed by atoms with E-state index in [1.54, 1.807) is 62.2 Å². The van der Waals surface area contributed by atoms with Crippen molar-refractivity contribution in [1.29, 1.82) is 0 Å². The third-order valence-corrected chi connectivity index (χ3v) is 6.42. The molecule has 9 heteroatoms. The molecule has 0 saturated heterocycles. The van der Waals surface area contributed by atoms with Crippen LogP contribution in [0.1, 0.15) is 5.56 Å². The summed E-state index contributed by atoms with van der Waals surface area (Å²) in [5.41, 5.74) is 1.84. The number of hydrogen-bond acceptors (Lipinski definition) is 5. The van der Waals surface area contributed by atoms with E-state index in [9.17, 15) is 14.4 Å². The lowest BCUT2D eigenvalue weighted by Crippen LogP contribution is -2.42. The summed E-state index contributed by atoms with van der Waals surface area (Å²) in [6, 6.07) is 21.6. The molecule has 188 valence electrons. The summed E-state index contributed by atoms with van der Waals surface area (Å²) in [6.45, 7) is -0.202. The number of benzene rings is 3. The van der Waals surface area contributed by atoms with Gasteiger partial charge in [0.15, 0.2) is 0 Å². The lowest BCUT2D eigenvalue weighted by atomic mass is 10.2. The van der Waals surface area contributed by atoms with Gasteiger partial charge in [0.05, 0.1) is 31.8 Å². The summed E-state index contributed by atoms with van der Waals surface area (Å²) in [5, 5.41) is 3.47. The maximum Gasteiger partial charge on any atom is 0.332 e. The van der Waals surface area contributed by atoms with E-state index in [0.717, 1.165) is 11.1 Å². The number of aromatic nitrogens is 3. The van der Waals surface area contributed by atoms with Gasteiger partial charge in [-0.05, 0) is 48.0 Å². The molecule has 1 amide bonds. The van der Waals surface area contributed by atoms with E-state index >= 15 is 0 Å². The Morgan fingerprint density at radius 1 is 0.838 bits per heavy atom.